The molecule has 0 aromatic heterocycles. The third-order valence-electron chi connectivity index (χ3n) is 1.80. The molecule has 0 amide bonds. The summed E-state index contributed by atoms with van der Waals surface area (Å²) in [4.78, 5) is 0. The van der Waals surface area contributed by atoms with Gasteiger partial charge in [0.2, 0.25) is 0 Å². The van der Waals surface area contributed by atoms with E-state index >= 15 is 0 Å². The molecule has 0 aliphatic heterocycles. The highest BCUT2D eigenvalue weighted by atomic mass is 14.2. The number of hydrogen-bond acceptors (Lipinski definition) is 0. The van der Waals surface area contributed by atoms with E-state index in [4.69, 9.17) is 0 Å². The van der Waals surface area contributed by atoms with Gasteiger partial charge in [-0.2, -0.15) is 0 Å². The second-order valence-corrected chi connectivity index (χ2v) is 3.93. The summed E-state index contributed by atoms with van der Waals surface area (Å²) in [5, 5.41) is 0. The van der Waals surface area contributed by atoms with Gasteiger partial charge in [-0.3, -0.25) is 0 Å². The van der Waals surface area contributed by atoms with Gasteiger partial charge in [0.1, 0.15) is 0 Å². The lowest BCUT2D eigenvalue weighted by Crippen LogP contribution is -2.08. The van der Waals surface area contributed by atoms with Crippen LogP contribution in [0.25, 0.3) is 0 Å². The van der Waals surface area contributed by atoms with E-state index < -0.39 is 0 Å². The summed E-state index contributed by atoms with van der Waals surface area (Å²) in [6.45, 7) is 12.7. The third kappa shape index (κ3) is 4.02. The Morgan fingerprint density at radius 1 is 1.36 bits per heavy atom. The van der Waals surface area contributed by atoms with E-state index in [2.05, 4.69) is 40.3 Å². The van der Waals surface area contributed by atoms with Gasteiger partial charge < -0.3 is 0 Å². The Kier molecular flexibility index (Phi) is 4.17. The van der Waals surface area contributed by atoms with Crippen LogP contribution in [-0.2, 0) is 0 Å². The Hall–Kier alpha value is -0.520. The van der Waals surface area contributed by atoms with E-state index in [9.17, 15) is 0 Å². The Bertz CT molecular complexity index is 144. The van der Waals surface area contributed by atoms with E-state index in [0.29, 0.717) is 5.41 Å². The van der Waals surface area contributed by atoms with E-state index in [-0.39, 0.29) is 0 Å². The first-order chi connectivity index (χ1) is 5.02. The molecule has 0 unspecified atom stereocenters. The summed E-state index contributed by atoms with van der Waals surface area (Å²) < 4.78 is 0. The zero-order valence-corrected chi connectivity index (χ0v) is 8.28. The molecule has 0 fully saturated rings. The predicted molar refractivity (Wildman–Crippen MR) is 52.6 cm³/mol. The molecule has 0 saturated carbocycles. The zero-order valence-electron chi connectivity index (χ0n) is 8.28. The molecule has 0 aliphatic rings. The summed E-state index contributed by atoms with van der Waals surface area (Å²) in [5.74, 6) is 0. The fourth-order valence-corrected chi connectivity index (χ4v) is 1.12. The Labute approximate surface area is 71.0 Å². The SMILES string of the molecule is C=C/C=C(\CCC)C(C)(C)C. The van der Waals surface area contributed by atoms with Crippen LogP contribution in [0.3, 0.4) is 0 Å². The van der Waals surface area contributed by atoms with Gasteiger partial charge in [0, 0.05) is 0 Å². The summed E-state index contributed by atoms with van der Waals surface area (Å²) in [6.07, 6.45) is 6.44. The van der Waals surface area contributed by atoms with Crippen molar-refractivity contribution in [1.29, 1.82) is 0 Å². The molecular weight excluding hydrogens is 132 g/mol. The van der Waals surface area contributed by atoms with Crippen LogP contribution in [-0.4, -0.2) is 0 Å². The van der Waals surface area contributed by atoms with Gasteiger partial charge in [0.05, 0.1) is 0 Å². The maximum atomic E-state index is 3.72. The average Bonchev–Trinajstić information content (AvgIpc) is 1.85. The minimum Gasteiger partial charge on any atom is -0.0991 e. The van der Waals surface area contributed by atoms with Crippen molar-refractivity contribution in [2.75, 3.05) is 0 Å². The summed E-state index contributed by atoms with van der Waals surface area (Å²) >= 11 is 0. The molecule has 0 N–H and O–H groups in total. The largest absolute Gasteiger partial charge is 0.0991 e. The van der Waals surface area contributed by atoms with Crippen molar-refractivity contribution in [2.45, 2.75) is 40.5 Å². The van der Waals surface area contributed by atoms with Crippen LogP contribution in [0.15, 0.2) is 24.3 Å². The highest BCUT2D eigenvalue weighted by Gasteiger charge is 2.14. The van der Waals surface area contributed by atoms with Crippen molar-refractivity contribution in [3.05, 3.63) is 24.3 Å². The van der Waals surface area contributed by atoms with Crippen molar-refractivity contribution in [3.63, 3.8) is 0 Å². The number of allylic oxidation sites excluding steroid dienone is 3. The molecule has 0 aromatic rings. The molecule has 0 spiro atoms. The fourth-order valence-electron chi connectivity index (χ4n) is 1.12. The molecule has 0 bridgehead atoms. The van der Waals surface area contributed by atoms with Crippen molar-refractivity contribution >= 4 is 0 Å². The molecule has 0 aliphatic carbocycles. The van der Waals surface area contributed by atoms with Gasteiger partial charge in [0.15, 0.2) is 0 Å². The minimum absolute atomic E-state index is 0.310. The van der Waals surface area contributed by atoms with Crippen molar-refractivity contribution in [2.24, 2.45) is 5.41 Å². The van der Waals surface area contributed by atoms with Crippen LogP contribution in [0.1, 0.15) is 40.5 Å². The normalized spacial score (nSPS) is 13.3. The van der Waals surface area contributed by atoms with Crippen LogP contribution in [0.4, 0.5) is 0 Å². The van der Waals surface area contributed by atoms with E-state index in [0.717, 1.165) is 0 Å². The lowest BCUT2D eigenvalue weighted by Gasteiger charge is -2.22. The molecule has 0 aromatic carbocycles. The molecule has 11 heavy (non-hydrogen) atoms. The minimum atomic E-state index is 0.310. The number of rotatable bonds is 3. The van der Waals surface area contributed by atoms with Crippen LogP contribution < -0.4 is 0 Å². The first kappa shape index (κ1) is 10.5. The van der Waals surface area contributed by atoms with Crippen LogP contribution in [0, 0.1) is 5.41 Å². The van der Waals surface area contributed by atoms with Gasteiger partial charge in [-0.25, -0.2) is 0 Å². The van der Waals surface area contributed by atoms with Crippen molar-refractivity contribution in [3.8, 4) is 0 Å². The van der Waals surface area contributed by atoms with Crippen molar-refractivity contribution in [1.82, 2.24) is 0 Å². The summed E-state index contributed by atoms with van der Waals surface area (Å²) in [5.41, 5.74) is 1.81. The number of hydrogen-bond donors (Lipinski definition) is 0. The second kappa shape index (κ2) is 4.38. The van der Waals surface area contributed by atoms with Gasteiger partial charge >= 0.3 is 0 Å². The maximum Gasteiger partial charge on any atom is -0.0170 e. The lowest BCUT2D eigenvalue weighted by molar-refractivity contribution is 0.480. The molecular formula is C11H20. The molecule has 0 radical (unpaired) electrons. The average molecular weight is 152 g/mol. The molecule has 64 valence electrons. The molecule has 0 heterocycles. The van der Waals surface area contributed by atoms with Crippen molar-refractivity contribution < 1.29 is 0 Å². The van der Waals surface area contributed by atoms with Crippen LogP contribution in [0.5, 0.6) is 0 Å². The topological polar surface area (TPSA) is 0 Å². The quantitative estimate of drug-likeness (QED) is 0.537. The fraction of sp³-hybridized carbons (Fsp3) is 0.636. The van der Waals surface area contributed by atoms with Gasteiger partial charge in [-0.1, -0.05) is 58.4 Å². The Morgan fingerprint density at radius 3 is 2.18 bits per heavy atom. The molecule has 0 rings (SSSR count). The van der Waals surface area contributed by atoms with E-state index in [1.165, 1.54) is 18.4 Å². The smallest absolute Gasteiger partial charge is 0.0170 e. The predicted octanol–water partition coefficient (Wildman–Crippen LogP) is 3.95. The van der Waals surface area contributed by atoms with Gasteiger partial charge in [0.25, 0.3) is 0 Å². The third-order valence-corrected chi connectivity index (χ3v) is 1.80. The first-order valence-electron chi connectivity index (χ1n) is 4.34. The summed E-state index contributed by atoms with van der Waals surface area (Å²) in [7, 11) is 0. The highest BCUT2D eigenvalue weighted by Crippen LogP contribution is 2.28. The monoisotopic (exact) mass is 152 g/mol. The Balaban J connectivity index is 4.34. The molecule has 0 nitrogen and oxygen atoms in total. The summed E-state index contributed by atoms with van der Waals surface area (Å²) in [6, 6.07) is 0. The van der Waals surface area contributed by atoms with Gasteiger partial charge in [-0.05, 0) is 11.8 Å². The molecule has 0 heteroatoms. The van der Waals surface area contributed by atoms with E-state index in [1.807, 2.05) is 6.08 Å². The van der Waals surface area contributed by atoms with Crippen LogP contribution in [0.2, 0.25) is 0 Å². The van der Waals surface area contributed by atoms with Crippen LogP contribution >= 0.6 is 0 Å². The zero-order chi connectivity index (χ0) is 8.91. The van der Waals surface area contributed by atoms with Gasteiger partial charge in [-0.15, -0.1) is 0 Å². The standard InChI is InChI=1S/C11H20/c1-6-8-10(9-7-2)11(3,4)5/h6,8H,1,7,9H2,2-5H3/b10-8+. The molecule has 0 saturated heterocycles. The highest BCUT2D eigenvalue weighted by molar-refractivity contribution is 5.16. The second-order valence-electron chi connectivity index (χ2n) is 3.93. The Morgan fingerprint density at radius 2 is 1.91 bits per heavy atom. The van der Waals surface area contributed by atoms with E-state index in [1.54, 1.807) is 0 Å². The lowest BCUT2D eigenvalue weighted by atomic mass is 9.83. The molecule has 0 atom stereocenters. The first-order valence-corrected chi connectivity index (χ1v) is 4.34. The maximum absolute atomic E-state index is 3.72.